The van der Waals surface area contributed by atoms with Gasteiger partial charge in [0.2, 0.25) is 5.91 Å². The Balaban J connectivity index is 2.00. The second-order valence-corrected chi connectivity index (χ2v) is 5.64. The molecule has 0 saturated heterocycles. The average Bonchev–Trinajstić information content (AvgIpc) is 2.38. The molecule has 2 aromatic rings. The van der Waals surface area contributed by atoms with E-state index in [2.05, 4.69) is 21.2 Å². The van der Waals surface area contributed by atoms with E-state index < -0.39 is 0 Å². The summed E-state index contributed by atoms with van der Waals surface area (Å²) in [6.07, 6.45) is 0.358. The summed E-state index contributed by atoms with van der Waals surface area (Å²) in [4.78, 5) is 12.1. The maximum absolute atomic E-state index is 12.1. The van der Waals surface area contributed by atoms with Crippen LogP contribution < -0.4 is 11.1 Å². The van der Waals surface area contributed by atoms with Crippen molar-refractivity contribution in [1.82, 2.24) is 5.32 Å². The van der Waals surface area contributed by atoms with Gasteiger partial charge in [0.1, 0.15) is 0 Å². The van der Waals surface area contributed by atoms with Crippen LogP contribution in [0.25, 0.3) is 0 Å². The van der Waals surface area contributed by atoms with Gasteiger partial charge in [-0.25, -0.2) is 0 Å². The molecule has 0 aliphatic rings. The summed E-state index contributed by atoms with van der Waals surface area (Å²) in [7, 11) is 0. The largest absolute Gasteiger partial charge is 0.398 e. The first-order chi connectivity index (χ1) is 9.56. The molecule has 0 heterocycles. The highest BCUT2D eigenvalue weighted by molar-refractivity contribution is 9.10. The summed E-state index contributed by atoms with van der Waals surface area (Å²) in [5.41, 5.74) is 8.53. The van der Waals surface area contributed by atoms with Gasteiger partial charge in [-0.15, -0.1) is 0 Å². The quantitative estimate of drug-likeness (QED) is 0.842. The van der Waals surface area contributed by atoms with E-state index in [1.165, 1.54) is 0 Å². The van der Waals surface area contributed by atoms with Crippen LogP contribution >= 0.6 is 15.9 Å². The summed E-state index contributed by atoms with van der Waals surface area (Å²) in [6.45, 7) is 1.94. The Bertz CT molecular complexity index is 613. The number of carbonyl (C=O) groups excluding carboxylic acids is 1. The third-order valence-corrected chi connectivity index (χ3v) is 3.59. The molecule has 0 bridgehead atoms. The van der Waals surface area contributed by atoms with Crippen LogP contribution in [0.2, 0.25) is 0 Å². The third kappa shape index (κ3) is 3.84. The summed E-state index contributed by atoms with van der Waals surface area (Å²) < 4.78 is 0.975. The Morgan fingerprint density at radius 2 is 2.00 bits per heavy atom. The van der Waals surface area contributed by atoms with E-state index in [1.807, 2.05) is 55.5 Å². The normalized spacial score (nSPS) is 11.9. The Labute approximate surface area is 127 Å². The van der Waals surface area contributed by atoms with Crippen LogP contribution in [0.5, 0.6) is 0 Å². The van der Waals surface area contributed by atoms with E-state index in [0.29, 0.717) is 12.1 Å². The Kier molecular flexibility index (Phi) is 4.79. The fourth-order valence-corrected chi connectivity index (χ4v) is 2.55. The first kappa shape index (κ1) is 14.6. The van der Waals surface area contributed by atoms with Crippen LogP contribution in [-0.4, -0.2) is 5.91 Å². The second kappa shape index (κ2) is 6.57. The van der Waals surface area contributed by atoms with Crippen molar-refractivity contribution in [2.75, 3.05) is 5.73 Å². The maximum Gasteiger partial charge on any atom is 0.224 e. The van der Waals surface area contributed by atoms with Crippen LogP contribution in [0.4, 0.5) is 5.69 Å². The monoisotopic (exact) mass is 332 g/mol. The fraction of sp³-hybridized carbons (Fsp3) is 0.188. The predicted molar refractivity (Wildman–Crippen MR) is 85.3 cm³/mol. The number of nitrogen functional groups attached to an aromatic ring is 1. The topological polar surface area (TPSA) is 55.1 Å². The molecular weight excluding hydrogens is 316 g/mol. The van der Waals surface area contributed by atoms with E-state index >= 15 is 0 Å². The van der Waals surface area contributed by atoms with Crippen molar-refractivity contribution < 1.29 is 4.79 Å². The first-order valence-corrected chi connectivity index (χ1v) is 7.24. The molecule has 1 unspecified atom stereocenters. The molecule has 20 heavy (non-hydrogen) atoms. The zero-order chi connectivity index (χ0) is 14.5. The molecule has 0 spiro atoms. The minimum Gasteiger partial charge on any atom is -0.398 e. The van der Waals surface area contributed by atoms with Crippen LogP contribution in [0.15, 0.2) is 53.0 Å². The van der Waals surface area contributed by atoms with Gasteiger partial charge in [0.05, 0.1) is 12.5 Å². The predicted octanol–water partition coefficient (Wildman–Crippen LogP) is 3.45. The van der Waals surface area contributed by atoms with Gasteiger partial charge in [0.15, 0.2) is 0 Å². The molecule has 0 saturated carbocycles. The summed E-state index contributed by atoms with van der Waals surface area (Å²) in [5, 5.41) is 2.97. The van der Waals surface area contributed by atoms with E-state index in [9.17, 15) is 4.79 Å². The number of nitrogens with two attached hydrogens (primary N) is 1. The minimum atomic E-state index is -0.101. The van der Waals surface area contributed by atoms with E-state index in [-0.39, 0.29) is 11.9 Å². The highest BCUT2D eigenvalue weighted by Gasteiger charge is 2.12. The molecule has 4 heteroatoms. The van der Waals surface area contributed by atoms with Crippen molar-refractivity contribution in [2.24, 2.45) is 0 Å². The lowest BCUT2D eigenvalue weighted by Gasteiger charge is -2.16. The van der Waals surface area contributed by atoms with E-state index in [4.69, 9.17) is 5.73 Å². The van der Waals surface area contributed by atoms with Gasteiger partial charge in [-0.2, -0.15) is 0 Å². The van der Waals surface area contributed by atoms with Gasteiger partial charge in [0.25, 0.3) is 0 Å². The molecule has 0 radical (unpaired) electrons. The highest BCUT2D eigenvalue weighted by Crippen LogP contribution is 2.19. The molecule has 1 atom stereocenters. The third-order valence-electron chi connectivity index (χ3n) is 3.09. The Morgan fingerprint density at radius 1 is 1.25 bits per heavy atom. The molecule has 3 nitrogen and oxygen atoms in total. The van der Waals surface area contributed by atoms with Gasteiger partial charge >= 0.3 is 0 Å². The molecule has 104 valence electrons. The smallest absolute Gasteiger partial charge is 0.224 e. The molecular formula is C16H17BrN2O. The number of anilines is 1. The van der Waals surface area contributed by atoms with Crippen molar-refractivity contribution in [1.29, 1.82) is 0 Å². The minimum absolute atomic E-state index is 0.0150. The number of amides is 1. The van der Waals surface area contributed by atoms with Gasteiger partial charge in [-0.05, 0) is 36.2 Å². The molecule has 2 aromatic carbocycles. The summed E-state index contributed by atoms with van der Waals surface area (Å²) in [6, 6.07) is 15.2. The van der Waals surface area contributed by atoms with Crippen LogP contribution in [-0.2, 0) is 11.2 Å². The molecule has 0 aliphatic heterocycles. The first-order valence-electron chi connectivity index (χ1n) is 6.44. The lowest BCUT2D eigenvalue weighted by atomic mass is 10.1. The standard InChI is InChI=1S/C16H17BrN2O/c1-11(14-7-2-3-8-15(14)18)19-16(20)10-12-5-4-6-13(17)9-12/h2-9,11H,10,18H2,1H3,(H,19,20). The van der Waals surface area contributed by atoms with Gasteiger partial charge in [-0.3, -0.25) is 4.79 Å². The zero-order valence-electron chi connectivity index (χ0n) is 11.3. The molecule has 0 aromatic heterocycles. The van der Waals surface area contributed by atoms with Crippen molar-refractivity contribution in [3.63, 3.8) is 0 Å². The van der Waals surface area contributed by atoms with Crippen molar-refractivity contribution in [3.8, 4) is 0 Å². The number of halogens is 1. The highest BCUT2D eigenvalue weighted by atomic mass is 79.9. The molecule has 0 fully saturated rings. The van der Waals surface area contributed by atoms with E-state index in [1.54, 1.807) is 0 Å². The lowest BCUT2D eigenvalue weighted by molar-refractivity contribution is -0.121. The number of hydrogen-bond acceptors (Lipinski definition) is 2. The molecule has 0 aliphatic carbocycles. The number of hydrogen-bond donors (Lipinski definition) is 2. The Morgan fingerprint density at radius 3 is 2.70 bits per heavy atom. The average molecular weight is 333 g/mol. The number of para-hydroxylation sites is 1. The Hall–Kier alpha value is -1.81. The number of nitrogens with one attached hydrogen (secondary N) is 1. The molecule has 2 rings (SSSR count). The number of carbonyl (C=O) groups is 1. The van der Waals surface area contributed by atoms with Crippen molar-refractivity contribution in [3.05, 3.63) is 64.1 Å². The van der Waals surface area contributed by atoms with Crippen molar-refractivity contribution >= 4 is 27.5 Å². The van der Waals surface area contributed by atoms with E-state index in [0.717, 1.165) is 15.6 Å². The van der Waals surface area contributed by atoms with Crippen LogP contribution in [0.1, 0.15) is 24.1 Å². The SMILES string of the molecule is CC(NC(=O)Cc1cccc(Br)c1)c1ccccc1N. The van der Waals surface area contributed by atoms with Gasteiger partial charge < -0.3 is 11.1 Å². The molecule has 1 amide bonds. The summed E-state index contributed by atoms with van der Waals surface area (Å²) in [5.74, 6) is -0.0150. The van der Waals surface area contributed by atoms with Crippen LogP contribution in [0.3, 0.4) is 0 Å². The number of rotatable bonds is 4. The lowest BCUT2D eigenvalue weighted by Crippen LogP contribution is -2.28. The van der Waals surface area contributed by atoms with Crippen LogP contribution in [0, 0.1) is 0 Å². The van der Waals surface area contributed by atoms with Gasteiger partial charge in [-0.1, -0.05) is 46.3 Å². The van der Waals surface area contributed by atoms with Crippen molar-refractivity contribution in [2.45, 2.75) is 19.4 Å². The maximum atomic E-state index is 12.1. The zero-order valence-corrected chi connectivity index (χ0v) is 12.9. The fourth-order valence-electron chi connectivity index (χ4n) is 2.11. The number of benzene rings is 2. The second-order valence-electron chi connectivity index (χ2n) is 4.72. The summed E-state index contributed by atoms with van der Waals surface area (Å²) >= 11 is 3.40. The van der Waals surface area contributed by atoms with Gasteiger partial charge in [0, 0.05) is 10.2 Å². The molecule has 3 N–H and O–H groups in total.